The van der Waals surface area contributed by atoms with E-state index in [9.17, 15) is 14.4 Å². The fourth-order valence-corrected chi connectivity index (χ4v) is 3.41. The zero-order chi connectivity index (χ0) is 21.3. The van der Waals surface area contributed by atoms with Crippen molar-refractivity contribution in [2.75, 3.05) is 17.7 Å². The SMILES string of the molecule is CCCOc1ccc(C(=O)Nc2ccc3c(c2)C(=O)c2ccccc2C3=O)cc1N. The Morgan fingerprint density at radius 1 is 0.900 bits per heavy atom. The summed E-state index contributed by atoms with van der Waals surface area (Å²) in [7, 11) is 0. The van der Waals surface area contributed by atoms with E-state index in [4.69, 9.17) is 10.5 Å². The lowest BCUT2D eigenvalue weighted by atomic mass is 9.84. The molecule has 0 atom stereocenters. The third kappa shape index (κ3) is 3.43. The first-order valence-corrected chi connectivity index (χ1v) is 9.65. The number of anilines is 2. The quantitative estimate of drug-likeness (QED) is 0.492. The van der Waals surface area contributed by atoms with E-state index in [2.05, 4.69) is 5.32 Å². The van der Waals surface area contributed by atoms with Gasteiger partial charge in [-0.15, -0.1) is 0 Å². The van der Waals surface area contributed by atoms with Crippen molar-refractivity contribution < 1.29 is 19.1 Å². The fourth-order valence-electron chi connectivity index (χ4n) is 3.41. The van der Waals surface area contributed by atoms with Gasteiger partial charge < -0.3 is 15.8 Å². The minimum absolute atomic E-state index is 0.200. The molecule has 0 saturated carbocycles. The number of nitrogen functional groups attached to an aromatic ring is 1. The summed E-state index contributed by atoms with van der Waals surface area (Å²) in [5.41, 5.74) is 8.51. The van der Waals surface area contributed by atoms with E-state index in [1.807, 2.05) is 6.92 Å². The van der Waals surface area contributed by atoms with Crippen molar-refractivity contribution in [3.05, 3.63) is 88.5 Å². The van der Waals surface area contributed by atoms with Crippen LogP contribution in [0, 0.1) is 0 Å². The van der Waals surface area contributed by atoms with Crippen molar-refractivity contribution in [2.24, 2.45) is 0 Å². The molecule has 1 aliphatic rings. The van der Waals surface area contributed by atoms with Crippen molar-refractivity contribution in [1.82, 2.24) is 0 Å². The molecule has 6 heteroatoms. The summed E-state index contributed by atoms with van der Waals surface area (Å²) >= 11 is 0. The molecule has 30 heavy (non-hydrogen) atoms. The molecule has 0 heterocycles. The number of hydrogen-bond acceptors (Lipinski definition) is 5. The highest BCUT2D eigenvalue weighted by molar-refractivity contribution is 6.28. The van der Waals surface area contributed by atoms with Gasteiger partial charge in [0.15, 0.2) is 11.6 Å². The number of carbonyl (C=O) groups is 3. The average molecular weight is 400 g/mol. The molecule has 0 spiro atoms. The van der Waals surface area contributed by atoms with E-state index < -0.39 is 0 Å². The molecule has 0 aromatic heterocycles. The fraction of sp³-hybridized carbons (Fsp3) is 0.125. The van der Waals surface area contributed by atoms with Crippen LogP contribution in [0.25, 0.3) is 0 Å². The number of ether oxygens (including phenoxy) is 1. The topological polar surface area (TPSA) is 98.5 Å². The molecule has 150 valence electrons. The van der Waals surface area contributed by atoms with Crippen LogP contribution in [0.2, 0.25) is 0 Å². The van der Waals surface area contributed by atoms with Gasteiger partial charge in [-0.3, -0.25) is 14.4 Å². The lowest BCUT2D eigenvalue weighted by molar-refractivity contribution is 0.0979. The van der Waals surface area contributed by atoms with E-state index in [1.165, 1.54) is 6.07 Å². The van der Waals surface area contributed by atoms with E-state index in [0.29, 0.717) is 46.0 Å². The summed E-state index contributed by atoms with van der Waals surface area (Å²) in [6.07, 6.45) is 0.853. The van der Waals surface area contributed by atoms with Crippen molar-refractivity contribution in [3.8, 4) is 5.75 Å². The lowest BCUT2D eigenvalue weighted by Gasteiger charge is -2.18. The molecule has 6 nitrogen and oxygen atoms in total. The van der Waals surface area contributed by atoms with Crippen LogP contribution in [0.1, 0.15) is 55.5 Å². The van der Waals surface area contributed by atoms with Gasteiger partial charge in [-0.25, -0.2) is 0 Å². The first-order chi connectivity index (χ1) is 14.5. The number of rotatable bonds is 5. The van der Waals surface area contributed by atoms with Crippen molar-refractivity contribution in [1.29, 1.82) is 0 Å². The number of hydrogen-bond donors (Lipinski definition) is 2. The molecule has 0 unspecified atom stereocenters. The van der Waals surface area contributed by atoms with Crippen LogP contribution in [0.15, 0.2) is 60.7 Å². The normalized spacial score (nSPS) is 12.2. The summed E-state index contributed by atoms with van der Waals surface area (Å²) in [5, 5.41) is 2.76. The Morgan fingerprint density at radius 3 is 2.23 bits per heavy atom. The number of fused-ring (bicyclic) bond motifs is 2. The second-order valence-electron chi connectivity index (χ2n) is 7.02. The molecule has 3 aromatic carbocycles. The Morgan fingerprint density at radius 2 is 1.57 bits per heavy atom. The molecule has 0 radical (unpaired) electrons. The molecule has 0 aliphatic heterocycles. The summed E-state index contributed by atoms with van der Waals surface area (Å²) in [6.45, 7) is 2.54. The van der Waals surface area contributed by atoms with Gasteiger partial charge in [0.1, 0.15) is 5.75 Å². The predicted octanol–water partition coefficient (Wildman–Crippen LogP) is 4.09. The maximum absolute atomic E-state index is 12.8. The number of nitrogens with one attached hydrogen (secondary N) is 1. The third-order valence-corrected chi connectivity index (χ3v) is 4.92. The first-order valence-electron chi connectivity index (χ1n) is 9.65. The Hall–Kier alpha value is -3.93. The largest absolute Gasteiger partial charge is 0.491 e. The molecule has 1 aliphatic carbocycles. The van der Waals surface area contributed by atoms with Crippen LogP contribution in [0.3, 0.4) is 0 Å². The average Bonchev–Trinajstić information content (AvgIpc) is 2.76. The van der Waals surface area contributed by atoms with Crippen molar-refractivity contribution in [2.45, 2.75) is 13.3 Å². The minimum Gasteiger partial charge on any atom is -0.491 e. The van der Waals surface area contributed by atoms with Gasteiger partial charge in [-0.05, 0) is 42.8 Å². The Bertz CT molecular complexity index is 1180. The van der Waals surface area contributed by atoms with Gasteiger partial charge in [-0.1, -0.05) is 31.2 Å². The lowest BCUT2D eigenvalue weighted by Crippen LogP contribution is -2.21. The van der Waals surface area contributed by atoms with Crippen LogP contribution in [0.4, 0.5) is 11.4 Å². The number of nitrogens with two attached hydrogens (primary N) is 1. The number of amides is 1. The number of ketones is 2. The molecular weight excluding hydrogens is 380 g/mol. The van der Waals surface area contributed by atoms with Crippen LogP contribution in [0.5, 0.6) is 5.75 Å². The third-order valence-electron chi connectivity index (χ3n) is 4.92. The summed E-state index contributed by atoms with van der Waals surface area (Å²) in [6, 6.07) is 16.3. The summed E-state index contributed by atoms with van der Waals surface area (Å²) in [4.78, 5) is 38.2. The molecular formula is C24H20N2O4. The van der Waals surface area contributed by atoms with Crippen LogP contribution in [-0.2, 0) is 0 Å². The summed E-state index contributed by atoms with van der Waals surface area (Å²) in [5.74, 6) is -0.282. The minimum atomic E-state index is -0.376. The highest BCUT2D eigenvalue weighted by Gasteiger charge is 2.29. The molecule has 3 N–H and O–H groups in total. The van der Waals surface area contributed by atoms with Gasteiger partial charge in [-0.2, -0.15) is 0 Å². The van der Waals surface area contributed by atoms with E-state index in [0.717, 1.165) is 6.42 Å². The summed E-state index contributed by atoms with van der Waals surface area (Å²) < 4.78 is 5.53. The van der Waals surface area contributed by atoms with Gasteiger partial charge in [0.25, 0.3) is 5.91 Å². The first kappa shape index (κ1) is 19.4. The smallest absolute Gasteiger partial charge is 0.255 e. The number of benzene rings is 3. The molecule has 0 bridgehead atoms. The van der Waals surface area contributed by atoms with Crippen LogP contribution >= 0.6 is 0 Å². The van der Waals surface area contributed by atoms with E-state index >= 15 is 0 Å². The molecule has 0 fully saturated rings. The molecule has 0 saturated heterocycles. The van der Waals surface area contributed by atoms with Crippen molar-refractivity contribution >= 4 is 28.8 Å². The maximum atomic E-state index is 12.8. The highest BCUT2D eigenvalue weighted by Crippen LogP contribution is 2.29. The molecule has 1 amide bonds. The highest BCUT2D eigenvalue weighted by atomic mass is 16.5. The van der Waals surface area contributed by atoms with Crippen LogP contribution in [-0.4, -0.2) is 24.1 Å². The van der Waals surface area contributed by atoms with Gasteiger partial charge in [0.05, 0.1) is 12.3 Å². The monoisotopic (exact) mass is 400 g/mol. The molecule has 3 aromatic rings. The van der Waals surface area contributed by atoms with E-state index in [-0.39, 0.29) is 23.0 Å². The zero-order valence-electron chi connectivity index (χ0n) is 16.4. The van der Waals surface area contributed by atoms with Crippen molar-refractivity contribution in [3.63, 3.8) is 0 Å². The zero-order valence-corrected chi connectivity index (χ0v) is 16.4. The Kier molecular flexibility index (Phi) is 5.06. The standard InChI is InChI=1S/C24H20N2O4/c1-2-11-30-21-10-7-14(12-20(21)25)24(29)26-15-8-9-18-19(13-15)23(28)17-6-4-3-5-16(17)22(18)27/h3-10,12-13H,2,11,25H2,1H3,(H,26,29). The second kappa shape index (κ2) is 7.83. The second-order valence-corrected chi connectivity index (χ2v) is 7.02. The van der Waals surface area contributed by atoms with Gasteiger partial charge in [0, 0.05) is 33.5 Å². The molecule has 4 rings (SSSR count). The van der Waals surface area contributed by atoms with Gasteiger partial charge >= 0.3 is 0 Å². The van der Waals surface area contributed by atoms with Gasteiger partial charge in [0.2, 0.25) is 0 Å². The van der Waals surface area contributed by atoms with E-state index in [1.54, 1.807) is 54.6 Å². The number of carbonyl (C=O) groups excluding carboxylic acids is 3. The predicted molar refractivity (Wildman–Crippen MR) is 114 cm³/mol. The Labute approximate surface area is 173 Å². The maximum Gasteiger partial charge on any atom is 0.255 e. The Balaban J connectivity index is 1.58. The van der Waals surface area contributed by atoms with Crippen LogP contribution < -0.4 is 15.8 Å².